The van der Waals surface area contributed by atoms with Crippen molar-refractivity contribution in [3.05, 3.63) is 34.2 Å². The van der Waals surface area contributed by atoms with Crippen molar-refractivity contribution in [3.8, 4) is 11.5 Å². The van der Waals surface area contributed by atoms with Crippen LogP contribution >= 0.6 is 11.8 Å². The molecule has 2 aromatic rings. The van der Waals surface area contributed by atoms with Crippen molar-refractivity contribution in [3.63, 3.8) is 0 Å². The van der Waals surface area contributed by atoms with Crippen molar-refractivity contribution in [2.45, 2.75) is 44.9 Å². The normalized spacial score (nSPS) is 14.1. The molecule has 1 unspecified atom stereocenters. The lowest BCUT2D eigenvalue weighted by atomic mass is 9.95. The highest BCUT2D eigenvalue weighted by molar-refractivity contribution is 7.99. The van der Waals surface area contributed by atoms with E-state index >= 15 is 0 Å². The lowest BCUT2D eigenvalue weighted by Gasteiger charge is -2.25. The second kappa shape index (κ2) is 9.18. The van der Waals surface area contributed by atoms with Crippen molar-refractivity contribution in [2.75, 3.05) is 19.0 Å². The standard InChI is InChI=1S/C19H26N4O4S/c1-4-7-23-18(25)21-22-19(23)28-11-16(24)20-17(12(2)3)13-5-6-14-15(10-13)27-9-8-26-14/h5-6,10,12,17H,4,7-9,11H2,1-3H3,(H,20,24)(H,21,25). The monoisotopic (exact) mass is 406 g/mol. The number of thioether (sulfide) groups is 1. The molecule has 8 nitrogen and oxygen atoms in total. The molecule has 0 spiro atoms. The molecule has 0 radical (unpaired) electrons. The number of nitrogens with zero attached hydrogens (tertiary/aromatic N) is 2. The minimum absolute atomic E-state index is 0.114. The van der Waals surface area contributed by atoms with Gasteiger partial charge in [0.2, 0.25) is 5.91 Å². The van der Waals surface area contributed by atoms with Crippen LogP contribution in [0.15, 0.2) is 28.2 Å². The van der Waals surface area contributed by atoms with Crippen LogP contribution in [-0.2, 0) is 11.3 Å². The fourth-order valence-electron chi connectivity index (χ4n) is 3.07. The lowest BCUT2D eigenvalue weighted by Crippen LogP contribution is -2.33. The molecule has 9 heteroatoms. The number of H-pyrrole nitrogens is 1. The topological polar surface area (TPSA) is 98.2 Å². The van der Waals surface area contributed by atoms with Crippen LogP contribution in [0, 0.1) is 5.92 Å². The number of aromatic amines is 1. The summed E-state index contributed by atoms with van der Waals surface area (Å²) in [6.45, 7) is 7.74. The smallest absolute Gasteiger partial charge is 0.343 e. The number of carbonyl (C=O) groups excluding carboxylic acids is 1. The van der Waals surface area contributed by atoms with Gasteiger partial charge < -0.3 is 14.8 Å². The number of hydrogen-bond acceptors (Lipinski definition) is 6. The molecule has 1 aromatic heterocycles. The zero-order valence-corrected chi connectivity index (χ0v) is 17.2. The average molecular weight is 407 g/mol. The number of nitrogens with one attached hydrogen (secondary N) is 2. The van der Waals surface area contributed by atoms with Gasteiger partial charge in [-0.1, -0.05) is 38.6 Å². The first-order valence-corrected chi connectivity index (χ1v) is 10.4. The first-order valence-electron chi connectivity index (χ1n) is 9.46. The Hall–Kier alpha value is -2.42. The van der Waals surface area contributed by atoms with E-state index in [1.165, 1.54) is 11.8 Å². The Kier molecular flexibility index (Phi) is 6.66. The van der Waals surface area contributed by atoms with E-state index in [1.807, 2.05) is 25.1 Å². The van der Waals surface area contributed by atoms with E-state index in [-0.39, 0.29) is 29.3 Å². The Morgan fingerprint density at radius 1 is 1.32 bits per heavy atom. The average Bonchev–Trinajstić information content (AvgIpc) is 3.04. The molecule has 2 N–H and O–H groups in total. The molecule has 0 aliphatic carbocycles. The summed E-state index contributed by atoms with van der Waals surface area (Å²) in [7, 11) is 0. The van der Waals surface area contributed by atoms with E-state index in [9.17, 15) is 9.59 Å². The van der Waals surface area contributed by atoms with Crippen molar-refractivity contribution in [1.82, 2.24) is 20.1 Å². The Bertz CT molecular complexity index is 877. The van der Waals surface area contributed by atoms with Crippen LogP contribution in [0.5, 0.6) is 11.5 Å². The van der Waals surface area contributed by atoms with E-state index in [2.05, 4.69) is 29.4 Å². The predicted octanol–water partition coefficient (Wildman–Crippen LogP) is 2.36. The van der Waals surface area contributed by atoms with Gasteiger partial charge in [-0.2, -0.15) is 0 Å². The number of aromatic nitrogens is 3. The summed E-state index contributed by atoms with van der Waals surface area (Å²) >= 11 is 1.25. The van der Waals surface area contributed by atoms with Crippen molar-refractivity contribution < 1.29 is 14.3 Å². The molecule has 0 saturated heterocycles. The van der Waals surface area contributed by atoms with Gasteiger partial charge in [-0.05, 0) is 30.0 Å². The van der Waals surface area contributed by atoms with E-state index in [1.54, 1.807) is 4.57 Å². The minimum atomic E-state index is -0.249. The van der Waals surface area contributed by atoms with Gasteiger partial charge in [-0.3, -0.25) is 9.36 Å². The highest BCUT2D eigenvalue weighted by atomic mass is 32.2. The molecule has 28 heavy (non-hydrogen) atoms. The number of hydrogen-bond donors (Lipinski definition) is 2. The molecule has 0 bridgehead atoms. The number of carbonyl (C=O) groups is 1. The Balaban J connectivity index is 1.66. The Morgan fingerprint density at radius 2 is 2.07 bits per heavy atom. The highest BCUT2D eigenvalue weighted by Crippen LogP contribution is 2.34. The molecule has 1 amide bonds. The Morgan fingerprint density at radius 3 is 2.79 bits per heavy atom. The van der Waals surface area contributed by atoms with Crippen LogP contribution < -0.4 is 20.5 Å². The van der Waals surface area contributed by atoms with Crippen molar-refractivity contribution in [2.24, 2.45) is 5.92 Å². The molecule has 1 aromatic carbocycles. The second-order valence-corrected chi connectivity index (χ2v) is 7.89. The molecule has 0 saturated carbocycles. The van der Waals surface area contributed by atoms with E-state index in [0.717, 1.165) is 17.7 Å². The first-order chi connectivity index (χ1) is 13.5. The van der Waals surface area contributed by atoms with Gasteiger partial charge in [-0.25, -0.2) is 9.89 Å². The second-order valence-electron chi connectivity index (χ2n) is 6.94. The van der Waals surface area contributed by atoms with Crippen LogP contribution in [0.2, 0.25) is 0 Å². The van der Waals surface area contributed by atoms with Crippen LogP contribution in [-0.4, -0.2) is 39.6 Å². The summed E-state index contributed by atoms with van der Waals surface area (Å²) in [5.74, 6) is 1.70. The van der Waals surface area contributed by atoms with Gasteiger partial charge in [-0.15, -0.1) is 5.10 Å². The zero-order valence-electron chi connectivity index (χ0n) is 16.4. The molecular formula is C19H26N4O4S. The third kappa shape index (κ3) is 4.70. The largest absolute Gasteiger partial charge is 0.486 e. The number of rotatable bonds is 8. The SMILES string of the molecule is CCCn1c(SCC(=O)NC(c2ccc3c(c2)OCCO3)C(C)C)n[nH]c1=O. The van der Waals surface area contributed by atoms with Gasteiger partial charge >= 0.3 is 5.69 Å². The van der Waals surface area contributed by atoms with E-state index < -0.39 is 0 Å². The number of amides is 1. The maximum Gasteiger partial charge on any atom is 0.343 e. The molecule has 1 aliphatic rings. The van der Waals surface area contributed by atoms with Crippen molar-refractivity contribution >= 4 is 17.7 Å². The van der Waals surface area contributed by atoms with Gasteiger partial charge in [0.05, 0.1) is 11.8 Å². The molecule has 1 atom stereocenters. The van der Waals surface area contributed by atoms with Gasteiger partial charge in [0.15, 0.2) is 16.7 Å². The van der Waals surface area contributed by atoms with Gasteiger partial charge in [0.25, 0.3) is 0 Å². The highest BCUT2D eigenvalue weighted by Gasteiger charge is 2.22. The molecule has 1 aliphatic heterocycles. The van der Waals surface area contributed by atoms with Crippen LogP contribution in [0.4, 0.5) is 0 Å². The van der Waals surface area contributed by atoms with Gasteiger partial charge in [0, 0.05) is 6.54 Å². The van der Waals surface area contributed by atoms with Crippen LogP contribution in [0.3, 0.4) is 0 Å². The summed E-state index contributed by atoms with van der Waals surface area (Å²) in [6.07, 6.45) is 0.818. The quantitative estimate of drug-likeness (QED) is 0.653. The maximum atomic E-state index is 12.6. The maximum absolute atomic E-state index is 12.6. The molecular weight excluding hydrogens is 380 g/mol. The minimum Gasteiger partial charge on any atom is -0.486 e. The summed E-state index contributed by atoms with van der Waals surface area (Å²) in [4.78, 5) is 24.3. The predicted molar refractivity (Wildman–Crippen MR) is 107 cm³/mol. The summed E-state index contributed by atoms with van der Waals surface area (Å²) in [5.41, 5.74) is 0.723. The summed E-state index contributed by atoms with van der Waals surface area (Å²) < 4.78 is 12.8. The van der Waals surface area contributed by atoms with E-state index in [4.69, 9.17) is 9.47 Å². The van der Waals surface area contributed by atoms with Crippen molar-refractivity contribution in [1.29, 1.82) is 0 Å². The zero-order chi connectivity index (χ0) is 20.1. The molecule has 152 valence electrons. The summed E-state index contributed by atoms with van der Waals surface area (Å²) in [6, 6.07) is 5.62. The third-order valence-electron chi connectivity index (χ3n) is 4.41. The van der Waals surface area contributed by atoms with E-state index in [0.29, 0.717) is 30.7 Å². The lowest BCUT2D eigenvalue weighted by molar-refractivity contribution is -0.119. The molecule has 2 heterocycles. The fraction of sp³-hybridized carbons (Fsp3) is 0.526. The summed E-state index contributed by atoms with van der Waals surface area (Å²) in [5, 5.41) is 10.1. The van der Waals surface area contributed by atoms with Gasteiger partial charge in [0.1, 0.15) is 13.2 Å². The fourth-order valence-corrected chi connectivity index (χ4v) is 3.85. The number of ether oxygens (including phenoxy) is 2. The Labute approximate surface area is 168 Å². The van der Waals surface area contributed by atoms with Crippen LogP contribution in [0.25, 0.3) is 0 Å². The molecule has 0 fully saturated rings. The van der Waals surface area contributed by atoms with Crippen LogP contribution in [0.1, 0.15) is 38.8 Å². The number of fused-ring (bicyclic) bond motifs is 1. The third-order valence-corrected chi connectivity index (χ3v) is 5.39. The number of benzene rings is 1. The molecule has 3 rings (SSSR count). The first kappa shape index (κ1) is 20.3.